The molecule has 4 nitrogen and oxygen atoms in total. The second-order valence-electron chi connectivity index (χ2n) is 3.85. The van der Waals surface area contributed by atoms with E-state index in [9.17, 15) is 18.0 Å². The van der Waals surface area contributed by atoms with Crippen molar-refractivity contribution in [3.05, 3.63) is 34.3 Å². The highest BCUT2D eigenvalue weighted by atomic mass is 35.5. The van der Waals surface area contributed by atoms with E-state index in [2.05, 4.69) is 5.10 Å². The molecule has 2 rings (SSSR count). The van der Waals surface area contributed by atoms with Gasteiger partial charge in [0.15, 0.2) is 0 Å². The van der Waals surface area contributed by atoms with Crippen LogP contribution in [0.1, 0.15) is 18.1 Å². The van der Waals surface area contributed by atoms with Crippen LogP contribution in [0.25, 0.3) is 0 Å². The van der Waals surface area contributed by atoms with Crippen LogP contribution in [0.15, 0.2) is 23.3 Å². The molecule has 1 N–H and O–H groups in total. The van der Waals surface area contributed by atoms with E-state index in [1.807, 2.05) is 5.43 Å². The monoisotopic (exact) mass is 292 g/mol. The Morgan fingerprint density at radius 1 is 1.42 bits per heavy atom. The average Bonchev–Trinajstić information content (AvgIpc) is 2.29. The molecule has 0 aliphatic carbocycles. The van der Waals surface area contributed by atoms with Crippen LogP contribution in [0.5, 0.6) is 0 Å². The highest BCUT2D eigenvalue weighted by molar-refractivity contribution is 6.31. The standard InChI is InChI=1S/C11H8ClF3N2O2/c1-5-9(16-17-10(18)19-5)6-2-3-8(12)7(4-6)11(13,14)15/h2-5H,1H3,(H,17,18). The van der Waals surface area contributed by atoms with Crippen molar-refractivity contribution < 1.29 is 22.7 Å². The Kier molecular flexibility index (Phi) is 3.40. The molecule has 1 aliphatic heterocycles. The van der Waals surface area contributed by atoms with Crippen molar-refractivity contribution in [2.24, 2.45) is 5.10 Å². The van der Waals surface area contributed by atoms with Gasteiger partial charge < -0.3 is 4.74 Å². The van der Waals surface area contributed by atoms with Crippen LogP contribution in [-0.4, -0.2) is 17.9 Å². The summed E-state index contributed by atoms with van der Waals surface area (Å²) < 4.78 is 43.0. The van der Waals surface area contributed by atoms with E-state index in [4.69, 9.17) is 16.3 Å². The molecule has 0 spiro atoms. The second kappa shape index (κ2) is 4.73. The lowest BCUT2D eigenvalue weighted by Gasteiger charge is -2.21. The summed E-state index contributed by atoms with van der Waals surface area (Å²) in [6.45, 7) is 1.51. The van der Waals surface area contributed by atoms with E-state index in [1.165, 1.54) is 13.0 Å². The molecule has 0 radical (unpaired) electrons. The van der Waals surface area contributed by atoms with Gasteiger partial charge in [0.05, 0.1) is 10.6 Å². The molecule has 102 valence electrons. The number of benzene rings is 1. The quantitative estimate of drug-likeness (QED) is 0.864. The van der Waals surface area contributed by atoms with Gasteiger partial charge in [0.1, 0.15) is 11.8 Å². The van der Waals surface area contributed by atoms with Gasteiger partial charge >= 0.3 is 12.3 Å². The number of nitrogens with one attached hydrogen (secondary N) is 1. The number of amides is 1. The first-order valence-electron chi connectivity index (χ1n) is 5.20. The summed E-state index contributed by atoms with van der Waals surface area (Å²) in [5.41, 5.74) is 1.47. The van der Waals surface area contributed by atoms with Crippen LogP contribution < -0.4 is 5.43 Å². The minimum Gasteiger partial charge on any atom is -0.439 e. The number of carbonyl (C=O) groups excluding carboxylic acids is 1. The van der Waals surface area contributed by atoms with Crippen molar-refractivity contribution in [2.45, 2.75) is 19.2 Å². The van der Waals surface area contributed by atoms with Gasteiger partial charge in [-0.2, -0.15) is 18.3 Å². The topological polar surface area (TPSA) is 50.7 Å². The number of hydrogen-bond acceptors (Lipinski definition) is 3. The molecule has 1 atom stereocenters. The largest absolute Gasteiger partial charge is 0.439 e. The van der Waals surface area contributed by atoms with Gasteiger partial charge in [-0.1, -0.05) is 17.7 Å². The lowest BCUT2D eigenvalue weighted by atomic mass is 10.0. The molecule has 8 heteroatoms. The molecule has 0 saturated heterocycles. The first-order chi connectivity index (χ1) is 8.79. The van der Waals surface area contributed by atoms with E-state index in [1.54, 1.807) is 0 Å². The molecule has 0 fully saturated rings. The Morgan fingerprint density at radius 3 is 2.68 bits per heavy atom. The Hall–Kier alpha value is -1.76. The van der Waals surface area contributed by atoms with Crippen LogP contribution in [-0.2, 0) is 10.9 Å². The van der Waals surface area contributed by atoms with Crippen LogP contribution in [0, 0.1) is 0 Å². The number of rotatable bonds is 1. The van der Waals surface area contributed by atoms with Crippen molar-refractivity contribution in [1.82, 2.24) is 5.43 Å². The third-order valence-electron chi connectivity index (χ3n) is 2.50. The average molecular weight is 293 g/mol. The number of halogens is 4. The van der Waals surface area contributed by atoms with Gasteiger partial charge in [-0.15, -0.1) is 0 Å². The Bertz CT molecular complexity index is 557. The van der Waals surface area contributed by atoms with Gasteiger partial charge in [0.25, 0.3) is 0 Å². The molecule has 1 heterocycles. The number of hydrazone groups is 1. The summed E-state index contributed by atoms with van der Waals surface area (Å²) in [7, 11) is 0. The maximum Gasteiger partial charge on any atom is 0.428 e. The highest BCUT2D eigenvalue weighted by Gasteiger charge is 2.34. The zero-order valence-electron chi connectivity index (χ0n) is 9.58. The molecule has 1 unspecified atom stereocenters. The number of carbonyl (C=O) groups is 1. The van der Waals surface area contributed by atoms with Gasteiger partial charge in [0.2, 0.25) is 0 Å². The van der Waals surface area contributed by atoms with Gasteiger partial charge in [-0.05, 0) is 19.1 Å². The van der Waals surface area contributed by atoms with Crippen molar-refractivity contribution in [2.75, 3.05) is 0 Å². The third kappa shape index (κ3) is 2.81. The molecule has 0 bridgehead atoms. The highest BCUT2D eigenvalue weighted by Crippen LogP contribution is 2.35. The van der Waals surface area contributed by atoms with E-state index >= 15 is 0 Å². The van der Waals surface area contributed by atoms with Gasteiger partial charge in [0, 0.05) is 5.56 Å². The summed E-state index contributed by atoms with van der Waals surface area (Å²) in [4.78, 5) is 10.9. The van der Waals surface area contributed by atoms with Crippen LogP contribution in [0.3, 0.4) is 0 Å². The minimum absolute atomic E-state index is 0.184. The van der Waals surface area contributed by atoms with Crippen LogP contribution >= 0.6 is 11.6 Å². The van der Waals surface area contributed by atoms with E-state index in [0.29, 0.717) is 0 Å². The van der Waals surface area contributed by atoms with Crippen LogP contribution in [0.4, 0.5) is 18.0 Å². The first kappa shape index (κ1) is 13.7. The zero-order valence-corrected chi connectivity index (χ0v) is 10.3. The Morgan fingerprint density at radius 2 is 2.11 bits per heavy atom. The first-order valence-corrected chi connectivity index (χ1v) is 5.58. The van der Waals surface area contributed by atoms with Crippen molar-refractivity contribution >= 4 is 23.4 Å². The number of alkyl halides is 3. The van der Waals surface area contributed by atoms with Gasteiger partial charge in [-0.25, -0.2) is 10.2 Å². The smallest absolute Gasteiger partial charge is 0.428 e. The SMILES string of the molecule is CC1OC(=O)NN=C1c1ccc(Cl)c(C(F)(F)F)c1. The predicted octanol–water partition coefficient (Wildman–Crippen LogP) is 3.19. The fraction of sp³-hybridized carbons (Fsp3) is 0.273. The number of nitrogens with zero attached hydrogens (tertiary/aromatic N) is 1. The molecule has 1 aromatic carbocycles. The summed E-state index contributed by atoms with van der Waals surface area (Å²) in [6, 6.07) is 3.39. The summed E-state index contributed by atoms with van der Waals surface area (Å²) in [6.07, 6.45) is -6.05. The zero-order chi connectivity index (χ0) is 14.2. The third-order valence-corrected chi connectivity index (χ3v) is 2.83. The maximum atomic E-state index is 12.7. The molecular weight excluding hydrogens is 285 g/mol. The predicted molar refractivity (Wildman–Crippen MR) is 62.1 cm³/mol. The molecule has 19 heavy (non-hydrogen) atoms. The van der Waals surface area contributed by atoms with Gasteiger partial charge in [-0.3, -0.25) is 0 Å². The summed E-state index contributed by atoms with van der Waals surface area (Å²) in [5, 5.41) is 3.30. The maximum absolute atomic E-state index is 12.7. The number of ether oxygens (including phenoxy) is 1. The lowest BCUT2D eigenvalue weighted by molar-refractivity contribution is -0.137. The second-order valence-corrected chi connectivity index (χ2v) is 4.26. The molecule has 1 aliphatic rings. The fourth-order valence-electron chi connectivity index (χ4n) is 1.64. The van der Waals surface area contributed by atoms with E-state index in [0.717, 1.165) is 12.1 Å². The molecule has 0 aromatic heterocycles. The summed E-state index contributed by atoms with van der Waals surface area (Å²) >= 11 is 5.52. The normalized spacial score (nSPS) is 19.5. The number of hydrogen-bond donors (Lipinski definition) is 1. The van der Waals surface area contributed by atoms with Crippen LogP contribution in [0.2, 0.25) is 5.02 Å². The molecule has 1 aromatic rings. The van der Waals surface area contributed by atoms with Crippen molar-refractivity contribution in [1.29, 1.82) is 0 Å². The Balaban J connectivity index is 2.45. The fourth-order valence-corrected chi connectivity index (χ4v) is 1.87. The van der Waals surface area contributed by atoms with Crippen molar-refractivity contribution in [3.8, 4) is 0 Å². The minimum atomic E-state index is -4.56. The Labute approximate surface area is 111 Å². The lowest BCUT2D eigenvalue weighted by Crippen LogP contribution is -2.37. The van der Waals surface area contributed by atoms with Crippen molar-refractivity contribution in [3.63, 3.8) is 0 Å². The summed E-state index contributed by atoms with van der Waals surface area (Å²) in [5.74, 6) is 0. The molecule has 0 saturated carbocycles. The molecular formula is C11H8ClF3N2O2. The van der Waals surface area contributed by atoms with E-state index < -0.39 is 29.0 Å². The molecule has 1 amide bonds. The number of cyclic esters (lactones) is 1. The van der Waals surface area contributed by atoms with E-state index in [-0.39, 0.29) is 11.3 Å².